The lowest BCUT2D eigenvalue weighted by atomic mass is 10.2. The topological polar surface area (TPSA) is 73.6 Å². The quantitative estimate of drug-likeness (QED) is 0.733. The summed E-state index contributed by atoms with van der Waals surface area (Å²) >= 11 is 0. The summed E-state index contributed by atoms with van der Waals surface area (Å²) in [6.07, 6.45) is 0.622. The van der Waals surface area contributed by atoms with E-state index in [9.17, 15) is 4.79 Å². The molecule has 0 aliphatic carbocycles. The Morgan fingerprint density at radius 3 is 2.64 bits per heavy atom. The van der Waals surface area contributed by atoms with Crippen LogP contribution in [0.4, 0.5) is 5.69 Å². The van der Waals surface area contributed by atoms with Gasteiger partial charge in [-0.05, 0) is 36.4 Å². The maximum atomic E-state index is 10.5. The number of carbonyl (C=O) groups excluding carboxylic acids is 1. The Morgan fingerprint density at radius 1 is 1.09 bits per heavy atom. The number of carbonyl (C=O) groups is 1. The van der Waals surface area contributed by atoms with Gasteiger partial charge in [0.25, 0.3) is 0 Å². The Bertz CT molecular complexity index is 826. The van der Waals surface area contributed by atoms with E-state index in [2.05, 4.69) is 10.3 Å². The van der Waals surface area contributed by atoms with Crippen molar-refractivity contribution in [2.45, 2.75) is 0 Å². The van der Waals surface area contributed by atoms with E-state index in [-0.39, 0.29) is 0 Å². The number of nitrogens with zero attached hydrogens (tertiary/aromatic N) is 1. The van der Waals surface area contributed by atoms with Crippen molar-refractivity contribution in [1.82, 2.24) is 4.98 Å². The fraction of sp³-hybridized carbons (Fsp3) is 0.125. The van der Waals surface area contributed by atoms with Crippen LogP contribution in [0.3, 0.4) is 0 Å². The Balaban J connectivity index is 2.04. The fourth-order valence-electron chi connectivity index (χ4n) is 2.18. The summed E-state index contributed by atoms with van der Waals surface area (Å²) in [6, 6.07) is 10.7. The lowest BCUT2D eigenvalue weighted by molar-refractivity contribution is -0.105. The highest BCUT2D eigenvalue weighted by molar-refractivity contribution is 5.83. The molecule has 1 amide bonds. The van der Waals surface area contributed by atoms with Crippen LogP contribution in [-0.2, 0) is 4.79 Å². The van der Waals surface area contributed by atoms with Crippen molar-refractivity contribution < 1.29 is 18.7 Å². The van der Waals surface area contributed by atoms with E-state index < -0.39 is 0 Å². The molecule has 0 saturated heterocycles. The molecule has 6 nitrogen and oxygen atoms in total. The first-order valence-corrected chi connectivity index (χ1v) is 6.58. The zero-order chi connectivity index (χ0) is 15.5. The van der Waals surface area contributed by atoms with Crippen molar-refractivity contribution in [3.8, 4) is 23.0 Å². The van der Waals surface area contributed by atoms with E-state index >= 15 is 0 Å². The van der Waals surface area contributed by atoms with Crippen LogP contribution in [0.25, 0.3) is 22.6 Å². The molecule has 1 heterocycles. The summed E-state index contributed by atoms with van der Waals surface area (Å²) < 4.78 is 16.2. The number of rotatable bonds is 5. The van der Waals surface area contributed by atoms with Crippen LogP contribution in [0, 0.1) is 0 Å². The smallest absolute Gasteiger partial charge is 0.227 e. The molecule has 1 aromatic heterocycles. The van der Waals surface area contributed by atoms with E-state index in [0.717, 1.165) is 5.56 Å². The zero-order valence-electron chi connectivity index (χ0n) is 12.1. The van der Waals surface area contributed by atoms with Crippen LogP contribution in [-0.4, -0.2) is 25.6 Å². The average molecular weight is 298 g/mol. The maximum Gasteiger partial charge on any atom is 0.227 e. The molecule has 0 aliphatic rings. The second kappa shape index (κ2) is 5.77. The molecule has 112 valence electrons. The third-order valence-corrected chi connectivity index (χ3v) is 3.24. The van der Waals surface area contributed by atoms with Crippen LogP contribution < -0.4 is 14.8 Å². The van der Waals surface area contributed by atoms with Gasteiger partial charge in [0, 0.05) is 11.3 Å². The SMILES string of the molecule is COc1ccc(-c2nc3cc(NC=O)ccc3o2)cc1OC. The number of amides is 1. The summed E-state index contributed by atoms with van der Waals surface area (Å²) in [6.45, 7) is 0. The van der Waals surface area contributed by atoms with Crippen molar-refractivity contribution in [3.05, 3.63) is 36.4 Å². The minimum atomic E-state index is 0.471. The fourth-order valence-corrected chi connectivity index (χ4v) is 2.18. The first-order chi connectivity index (χ1) is 10.7. The number of benzene rings is 2. The van der Waals surface area contributed by atoms with Gasteiger partial charge < -0.3 is 19.2 Å². The van der Waals surface area contributed by atoms with Crippen molar-refractivity contribution >= 4 is 23.2 Å². The molecule has 0 bridgehead atoms. The first-order valence-electron chi connectivity index (χ1n) is 6.58. The molecule has 0 fully saturated rings. The standard InChI is InChI=1S/C16H14N2O4/c1-20-14-5-3-10(7-15(14)21-2)16-18-12-8-11(17-9-19)4-6-13(12)22-16/h3-9H,1-2H3,(H,17,19). The van der Waals surface area contributed by atoms with Crippen LogP contribution in [0.2, 0.25) is 0 Å². The maximum absolute atomic E-state index is 10.5. The molecule has 3 rings (SSSR count). The lowest BCUT2D eigenvalue weighted by Gasteiger charge is -2.07. The Kier molecular flexibility index (Phi) is 3.65. The van der Waals surface area contributed by atoms with Gasteiger partial charge in [0.15, 0.2) is 17.1 Å². The Labute approximate surface area is 126 Å². The number of ether oxygens (including phenoxy) is 2. The zero-order valence-corrected chi connectivity index (χ0v) is 12.1. The molecule has 6 heteroatoms. The number of hydrogen-bond acceptors (Lipinski definition) is 5. The lowest BCUT2D eigenvalue weighted by Crippen LogP contribution is -1.92. The molecule has 0 unspecified atom stereocenters. The predicted octanol–water partition coefficient (Wildman–Crippen LogP) is 3.08. The van der Waals surface area contributed by atoms with E-state index in [1.165, 1.54) is 0 Å². The molecule has 0 aliphatic heterocycles. The molecule has 3 aromatic rings. The second-order valence-corrected chi connectivity index (χ2v) is 4.53. The summed E-state index contributed by atoms with van der Waals surface area (Å²) in [7, 11) is 3.16. The normalized spacial score (nSPS) is 10.5. The number of anilines is 1. The summed E-state index contributed by atoms with van der Waals surface area (Å²) in [5, 5.41) is 2.58. The van der Waals surface area contributed by atoms with Gasteiger partial charge in [-0.15, -0.1) is 0 Å². The van der Waals surface area contributed by atoms with Crippen LogP contribution in [0.1, 0.15) is 0 Å². The van der Waals surface area contributed by atoms with Crippen LogP contribution in [0.5, 0.6) is 11.5 Å². The van der Waals surface area contributed by atoms with Gasteiger partial charge in [-0.3, -0.25) is 4.79 Å². The molecule has 0 radical (unpaired) electrons. The molecule has 0 atom stereocenters. The van der Waals surface area contributed by atoms with Gasteiger partial charge in [-0.25, -0.2) is 4.98 Å². The average Bonchev–Trinajstić information content (AvgIpc) is 2.97. The highest BCUT2D eigenvalue weighted by Gasteiger charge is 2.12. The molecule has 22 heavy (non-hydrogen) atoms. The first kappa shape index (κ1) is 13.9. The minimum Gasteiger partial charge on any atom is -0.493 e. The van der Waals surface area contributed by atoms with Crippen molar-refractivity contribution in [1.29, 1.82) is 0 Å². The largest absolute Gasteiger partial charge is 0.493 e. The third-order valence-electron chi connectivity index (χ3n) is 3.24. The van der Waals surface area contributed by atoms with Gasteiger partial charge in [0.05, 0.1) is 14.2 Å². The molecular formula is C16H14N2O4. The minimum absolute atomic E-state index is 0.471. The van der Waals surface area contributed by atoms with Crippen molar-refractivity contribution in [3.63, 3.8) is 0 Å². The summed E-state index contributed by atoms with van der Waals surface area (Å²) in [5.41, 5.74) is 2.74. The summed E-state index contributed by atoms with van der Waals surface area (Å²) in [5.74, 6) is 1.71. The van der Waals surface area contributed by atoms with Crippen LogP contribution >= 0.6 is 0 Å². The number of nitrogens with one attached hydrogen (secondary N) is 1. The second-order valence-electron chi connectivity index (χ2n) is 4.53. The summed E-state index contributed by atoms with van der Waals surface area (Å²) in [4.78, 5) is 14.9. The Hall–Kier alpha value is -3.02. The number of aromatic nitrogens is 1. The van der Waals surface area contributed by atoms with E-state index in [1.54, 1.807) is 44.6 Å². The highest BCUT2D eigenvalue weighted by atomic mass is 16.5. The molecule has 1 N–H and O–H groups in total. The van der Waals surface area contributed by atoms with Gasteiger partial charge in [-0.1, -0.05) is 0 Å². The number of hydrogen-bond donors (Lipinski definition) is 1. The molecule has 0 saturated carbocycles. The van der Waals surface area contributed by atoms with Gasteiger partial charge in [0.1, 0.15) is 5.52 Å². The molecular weight excluding hydrogens is 284 g/mol. The van der Waals surface area contributed by atoms with Gasteiger partial charge >= 0.3 is 0 Å². The van der Waals surface area contributed by atoms with E-state index in [1.807, 2.05) is 6.07 Å². The number of fused-ring (bicyclic) bond motifs is 1. The van der Waals surface area contributed by atoms with Crippen LogP contribution in [0.15, 0.2) is 40.8 Å². The molecule has 2 aromatic carbocycles. The molecule has 0 spiro atoms. The van der Waals surface area contributed by atoms with Crippen molar-refractivity contribution in [2.24, 2.45) is 0 Å². The van der Waals surface area contributed by atoms with Gasteiger partial charge in [-0.2, -0.15) is 0 Å². The highest BCUT2D eigenvalue weighted by Crippen LogP contribution is 2.33. The predicted molar refractivity (Wildman–Crippen MR) is 82.2 cm³/mol. The number of oxazole rings is 1. The third kappa shape index (κ3) is 2.46. The number of methoxy groups -OCH3 is 2. The van der Waals surface area contributed by atoms with E-state index in [0.29, 0.717) is 40.6 Å². The van der Waals surface area contributed by atoms with E-state index in [4.69, 9.17) is 13.9 Å². The Morgan fingerprint density at radius 2 is 1.91 bits per heavy atom. The van der Waals surface area contributed by atoms with Crippen molar-refractivity contribution in [2.75, 3.05) is 19.5 Å². The monoisotopic (exact) mass is 298 g/mol. The van der Waals surface area contributed by atoms with Gasteiger partial charge in [0.2, 0.25) is 12.3 Å².